The standard InChI is InChI=1S/C19H32N2O4/c1-14(2)7-5-8-15(3)9-6-10-19(4,23)17(22)11-16-12-18(20-13-16)21(24)25/h7,9,12-13,17,20,22-25H,5-6,8,10-11H2,1-4H3. The summed E-state index contributed by atoms with van der Waals surface area (Å²) in [5, 5.41) is 38.7. The lowest BCUT2D eigenvalue weighted by Crippen LogP contribution is -2.40. The molecule has 0 radical (unpaired) electrons. The molecule has 0 spiro atoms. The number of H-pyrrole nitrogens is 1. The molecule has 1 aromatic heterocycles. The SMILES string of the molecule is CC(C)=CCCC(C)=CCCC(C)(O)C(O)Cc1c[nH]c(N(O)O)c1. The Morgan fingerprint density at radius 2 is 1.92 bits per heavy atom. The summed E-state index contributed by atoms with van der Waals surface area (Å²) < 4.78 is 0. The molecule has 0 bridgehead atoms. The maximum Gasteiger partial charge on any atom is 0.161 e. The molecular weight excluding hydrogens is 320 g/mol. The topological polar surface area (TPSA) is 100.0 Å². The third-order valence-electron chi connectivity index (χ3n) is 4.32. The van der Waals surface area contributed by atoms with Crippen LogP contribution in [0.4, 0.5) is 5.82 Å². The van der Waals surface area contributed by atoms with Crippen LogP contribution in [0.5, 0.6) is 0 Å². The van der Waals surface area contributed by atoms with E-state index in [-0.39, 0.29) is 17.5 Å². The van der Waals surface area contributed by atoms with E-state index >= 15 is 0 Å². The second-order valence-corrected chi connectivity index (χ2v) is 7.17. The molecule has 6 heteroatoms. The van der Waals surface area contributed by atoms with Crippen LogP contribution >= 0.6 is 0 Å². The van der Waals surface area contributed by atoms with Gasteiger partial charge in [0.2, 0.25) is 0 Å². The highest BCUT2D eigenvalue weighted by molar-refractivity contribution is 5.37. The van der Waals surface area contributed by atoms with E-state index in [4.69, 9.17) is 10.4 Å². The molecule has 5 N–H and O–H groups in total. The molecule has 1 rings (SSSR count). The summed E-state index contributed by atoms with van der Waals surface area (Å²) in [5.41, 5.74) is 2.07. The average molecular weight is 352 g/mol. The van der Waals surface area contributed by atoms with Crippen LogP contribution in [-0.4, -0.2) is 37.3 Å². The average Bonchev–Trinajstić information content (AvgIpc) is 2.95. The van der Waals surface area contributed by atoms with Gasteiger partial charge in [-0.25, -0.2) is 0 Å². The van der Waals surface area contributed by atoms with Gasteiger partial charge in [-0.3, -0.25) is 10.4 Å². The largest absolute Gasteiger partial charge is 0.390 e. The molecule has 1 heterocycles. The Morgan fingerprint density at radius 1 is 1.24 bits per heavy atom. The molecule has 0 aromatic carbocycles. The van der Waals surface area contributed by atoms with E-state index in [9.17, 15) is 10.2 Å². The van der Waals surface area contributed by atoms with Gasteiger partial charge in [0.15, 0.2) is 5.82 Å². The van der Waals surface area contributed by atoms with Crippen LogP contribution in [0.3, 0.4) is 0 Å². The predicted octanol–water partition coefficient (Wildman–Crippen LogP) is 3.73. The first-order chi connectivity index (χ1) is 11.6. The monoisotopic (exact) mass is 352 g/mol. The minimum Gasteiger partial charge on any atom is -0.390 e. The van der Waals surface area contributed by atoms with Gasteiger partial charge >= 0.3 is 0 Å². The molecule has 6 nitrogen and oxygen atoms in total. The molecular formula is C19H32N2O4. The number of anilines is 1. The maximum atomic E-state index is 10.5. The summed E-state index contributed by atoms with van der Waals surface area (Å²) in [6, 6.07) is 1.51. The highest BCUT2D eigenvalue weighted by Gasteiger charge is 2.29. The first-order valence-corrected chi connectivity index (χ1v) is 8.66. The van der Waals surface area contributed by atoms with Crippen molar-refractivity contribution in [2.45, 2.75) is 71.5 Å². The van der Waals surface area contributed by atoms with Crippen molar-refractivity contribution < 1.29 is 20.6 Å². The summed E-state index contributed by atoms with van der Waals surface area (Å²) in [4.78, 5) is 2.67. The van der Waals surface area contributed by atoms with Gasteiger partial charge in [-0.2, -0.15) is 0 Å². The van der Waals surface area contributed by atoms with Gasteiger partial charge in [-0.15, -0.1) is 5.23 Å². The fourth-order valence-electron chi connectivity index (χ4n) is 2.57. The van der Waals surface area contributed by atoms with Crippen molar-refractivity contribution in [3.8, 4) is 0 Å². The number of aromatic amines is 1. The molecule has 0 amide bonds. The summed E-state index contributed by atoms with van der Waals surface area (Å²) >= 11 is 0. The number of nitrogens with zero attached hydrogens (tertiary/aromatic N) is 1. The molecule has 0 aliphatic carbocycles. The Hall–Kier alpha value is -1.60. The number of nitrogens with one attached hydrogen (secondary N) is 1. The van der Waals surface area contributed by atoms with Gasteiger partial charge in [-0.05, 0) is 65.0 Å². The quantitative estimate of drug-likeness (QED) is 0.326. The number of aromatic nitrogens is 1. The minimum atomic E-state index is -1.22. The van der Waals surface area contributed by atoms with Crippen LogP contribution in [-0.2, 0) is 6.42 Å². The Balaban J connectivity index is 2.48. The molecule has 0 aliphatic heterocycles. The van der Waals surface area contributed by atoms with E-state index in [0.717, 1.165) is 12.8 Å². The lowest BCUT2D eigenvalue weighted by atomic mass is 9.89. The van der Waals surface area contributed by atoms with Crippen LogP contribution in [0, 0.1) is 0 Å². The van der Waals surface area contributed by atoms with Crippen LogP contribution in [0.15, 0.2) is 35.6 Å². The highest BCUT2D eigenvalue weighted by Crippen LogP contribution is 2.23. The van der Waals surface area contributed by atoms with Crippen molar-refractivity contribution in [2.24, 2.45) is 0 Å². The van der Waals surface area contributed by atoms with E-state index < -0.39 is 11.7 Å². The van der Waals surface area contributed by atoms with Crippen LogP contribution < -0.4 is 5.23 Å². The van der Waals surface area contributed by atoms with E-state index in [1.807, 2.05) is 0 Å². The fraction of sp³-hybridized carbons (Fsp3) is 0.579. The Labute approximate surface area is 150 Å². The molecule has 2 atom stereocenters. The van der Waals surface area contributed by atoms with Crippen molar-refractivity contribution in [3.05, 3.63) is 41.1 Å². The van der Waals surface area contributed by atoms with E-state index in [1.54, 1.807) is 13.1 Å². The molecule has 0 saturated carbocycles. The van der Waals surface area contributed by atoms with Gasteiger partial charge < -0.3 is 15.2 Å². The number of rotatable bonds is 10. The number of allylic oxidation sites excluding steroid dienone is 4. The molecule has 0 saturated heterocycles. The zero-order chi connectivity index (χ0) is 19.0. The van der Waals surface area contributed by atoms with Gasteiger partial charge in [0.25, 0.3) is 0 Å². The van der Waals surface area contributed by atoms with Crippen LogP contribution in [0.25, 0.3) is 0 Å². The van der Waals surface area contributed by atoms with Crippen molar-refractivity contribution in [2.75, 3.05) is 5.23 Å². The predicted molar refractivity (Wildman–Crippen MR) is 98.8 cm³/mol. The molecule has 1 aromatic rings. The molecule has 142 valence electrons. The smallest absolute Gasteiger partial charge is 0.161 e. The van der Waals surface area contributed by atoms with Gasteiger partial charge in [0.1, 0.15) is 0 Å². The summed E-state index contributed by atoms with van der Waals surface area (Å²) in [6.45, 7) is 7.89. The first kappa shape index (κ1) is 21.4. The van der Waals surface area contributed by atoms with Crippen molar-refractivity contribution in [3.63, 3.8) is 0 Å². The van der Waals surface area contributed by atoms with Gasteiger partial charge in [0.05, 0.1) is 11.7 Å². The number of hydrogen-bond donors (Lipinski definition) is 5. The summed E-state index contributed by atoms with van der Waals surface area (Å²) in [6.07, 6.45) is 8.35. The lowest BCUT2D eigenvalue weighted by molar-refractivity contribution is -0.0654. The number of hydrogen-bond acceptors (Lipinski definition) is 5. The van der Waals surface area contributed by atoms with Crippen LogP contribution in [0.1, 0.15) is 58.9 Å². The molecule has 0 aliphatic rings. The van der Waals surface area contributed by atoms with E-state index in [1.165, 1.54) is 17.2 Å². The van der Waals surface area contributed by atoms with Crippen LogP contribution in [0.2, 0.25) is 0 Å². The van der Waals surface area contributed by atoms with Crippen molar-refractivity contribution >= 4 is 5.82 Å². The zero-order valence-corrected chi connectivity index (χ0v) is 15.7. The summed E-state index contributed by atoms with van der Waals surface area (Å²) in [7, 11) is 0. The van der Waals surface area contributed by atoms with Gasteiger partial charge in [0, 0.05) is 12.6 Å². The Kier molecular flexibility index (Phi) is 8.38. The lowest BCUT2D eigenvalue weighted by Gasteiger charge is -2.28. The second kappa shape index (κ2) is 9.77. The summed E-state index contributed by atoms with van der Waals surface area (Å²) in [5.74, 6) is 0.108. The Bertz CT molecular complexity index is 584. The first-order valence-electron chi connectivity index (χ1n) is 8.66. The fourth-order valence-corrected chi connectivity index (χ4v) is 2.57. The second-order valence-electron chi connectivity index (χ2n) is 7.17. The molecule has 0 fully saturated rings. The maximum absolute atomic E-state index is 10.5. The molecule has 25 heavy (non-hydrogen) atoms. The minimum absolute atomic E-state index is 0.0170. The van der Waals surface area contributed by atoms with Crippen molar-refractivity contribution in [1.82, 2.24) is 4.98 Å². The number of aliphatic hydroxyl groups is 2. The normalized spacial score (nSPS) is 15.6. The molecule has 2 unspecified atom stereocenters. The van der Waals surface area contributed by atoms with E-state index in [0.29, 0.717) is 18.4 Å². The van der Waals surface area contributed by atoms with Gasteiger partial charge in [-0.1, -0.05) is 23.3 Å². The Morgan fingerprint density at radius 3 is 2.48 bits per heavy atom. The highest BCUT2D eigenvalue weighted by atomic mass is 16.8. The zero-order valence-electron chi connectivity index (χ0n) is 15.7. The number of aliphatic hydroxyl groups excluding tert-OH is 1. The third kappa shape index (κ3) is 7.88. The van der Waals surface area contributed by atoms with E-state index in [2.05, 4.69) is 37.9 Å². The third-order valence-corrected chi connectivity index (χ3v) is 4.32. The van der Waals surface area contributed by atoms with Crippen molar-refractivity contribution in [1.29, 1.82) is 0 Å².